The molecule has 0 aliphatic heterocycles. The van der Waals surface area contributed by atoms with Crippen molar-refractivity contribution in [3.05, 3.63) is 29.3 Å². The Morgan fingerprint density at radius 2 is 2.31 bits per heavy atom. The molecular formula is C9H13N3O. The van der Waals surface area contributed by atoms with E-state index in [2.05, 4.69) is 5.32 Å². The second kappa shape index (κ2) is 3.91. The number of benzene rings is 1. The normalized spacial score (nSPS) is 9.92. The molecule has 5 N–H and O–H groups in total. The summed E-state index contributed by atoms with van der Waals surface area (Å²) < 4.78 is 0. The fourth-order valence-corrected chi connectivity index (χ4v) is 1.12. The zero-order chi connectivity index (χ0) is 9.84. The average molecular weight is 179 g/mol. The van der Waals surface area contributed by atoms with Crippen LogP contribution in [0.2, 0.25) is 0 Å². The van der Waals surface area contributed by atoms with E-state index in [9.17, 15) is 5.11 Å². The molecule has 0 aliphatic rings. The van der Waals surface area contributed by atoms with Crippen LogP contribution in [0.4, 0.5) is 0 Å². The van der Waals surface area contributed by atoms with E-state index in [0.717, 1.165) is 5.56 Å². The van der Waals surface area contributed by atoms with Gasteiger partial charge in [0.15, 0.2) is 0 Å². The summed E-state index contributed by atoms with van der Waals surface area (Å²) in [5.41, 5.74) is 6.58. The van der Waals surface area contributed by atoms with Crippen molar-refractivity contribution < 1.29 is 5.11 Å². The predicted octanol–water partition coefficient (Wildman–Crippen LogP) is 0.396. The number of nitrogen functional groups attached to an aromatic ring is 1. The summed E-state index contributed by atoms with van der Waals surface area (Å²) in [7, 11) is 1.83. The predicted molar refractivity (Wildman–Crippen MR) is 51.9 cm³/mol. The smallest absolute Gasteiger partial charge is 0.126 e. The van der Waals surface area contributed by atoms with Gasteiger partial charge in [-0.2, -0.15) is 0 Å². The third-order valence-corrected chi connectivity index (χ3v) is 1.73. The van der Waals surface area contributed by atoms with Gasteiger partial charge in [0.2, 0.25) is 0 Å². The van der Waals surface area contributed by atoms with E-state index in [0.29, 0.717) is 12.1 Å². The van der Waals surface area contributed by atoms with Crippen molar-refractivity contribution in [2.75, 3.05) is 7.05 Å². The van der Waals surface area contributed by atoms with Crippen molar-refractivity contribution in [3.63, 3.8) is 0 Å². The lowest BCUT2D eigenvalue weighted by Gasteiger charge is -2.05. The van der Waals surface area contributed by atoms with Crippen molar-refractivity contribution in [1.82, 2.24) is 5.32 Å². The van der Waals surface area contributed by atoms with Crippen LogP contribution in [-0.2, 0) is 6.54 Å². The third-order valence-electron chi connectivity index (χ3n) is 1.73. The maximum absolute atomic E-state index is 9.44. The fraction of sp³-hybridized carbons (Fsp3) is 0.222. The molecule has 0 bridgehead atoms. The lowest BCUT2D eigenvalue weighted by atomic mass is 10.1. The van der Waals surface area contributed by atoms with Crippen molar-refractivity contribution in [2.24, 2.45) is 5.73 Å². The Balaban J connectivity index is 2.98. The second-order valence-electron chi connectivity index (χ2n) is 2.80. The molecule has 1 aromatic rings. The number of phenolic OH excluding ortho intramolecular Hbond substituents is 1. The molecule has 0 amide bonds. The number of nitrogens with one attached hydrogen (secondary N) is 2. The van der Waals surface area contributed by atoms with Crippen molar-refractivity contribution >= 4 is 5.84 Å². The molecule has 0 radical (unpaired) electrons. The van der Waals surface area contributed by atoms with E-state index in [1.165, 1.54) is 0 Å². The number of hydrogen-bond acceptors (Lipinski definition) is 3. The van der Waals surface area contributed by atoms with Gasteiger partial charge in [0.05, 0.1) is 5.56 Å². The molecule has 0 aliphatic carbocycles. The van der Waals surface area contributed by atoms with E-state index >= 15 is 0 Å². The topological polar surface area (TPSA) is 82.1 Å². The van der Waals surface area contributed by atoms with Crippen LogP contribution in [0.3, 0.4) is 0 Å². The van der Waals surface area contributed by atoms with E-state index in [-0.39, 0.29) is 11.6 Å². The van der Waals surface area contributed by atoms with Crippen molar-refractivity contribution in [2.45, 2.75) is 6.54 Å². The monoisotopic (exact) mass is 179 g/mol. The Hall–Kier alpha value is -1.55. The van der Waals surface area contributed by atoms with E-state index < -0.39 is 0 Å². The summed E-state index contributed by atoms with van der Waals surface area (Å²) in [4.78, 5) is 0. The van der Waals surface area contributed by atoms with Crippen LogP contribution in [0.25, 0.3) is 0 Å². The van der Waals surface area contributed by atoms with E-state index in [1.54, 1.807) is 12.1 Å². The highest BCUT2D eigenvalue weighted by Crippen LogP contribution is 2.17. The minimum absolute atomic E-state index is 0.0558. The van der Waals surface area contributed by atoms with Crippen LogP contribution in [0, 0.1) is 5.41 Å². The van der Waals surface area contributed by atoms with Gasteiger partial charge in [0, 0.05) is 6.54 Å². The number of aromatic hydroxyl groups is 1. The quantitative estimate of drug-likeness (QED) is 0.400. The number of rotatable bonds is 3. The van der Waals surface area contributed by atoms with Gasteiger partial charge in [-0.1, -0.05) is 6.07 Å². The summed E-state index contributed by atoms with van der Waals surface area (Å²) in [5, 5.41) is 19.6. The molecule has 70 valence electrons. The highest BCUT2D eigenvalue weighted by atomic mass is 16.3. The zero-order valence-electron chi connectivity index (χ0n) is 7.46. The minimum Gasteiger partial charge on any atom is -0.507 e. The SMILES string of the molecule is CNCc1ccc(C(=N)N)c(O)c1. The zero-order valence-corrected chi connectivity index (χ0v) is 7.46. The van der Waals surface area contributed by atoms with Crippen LogP contribution in [0.15, 0.2) is 18.2 Å². The first kappa shape index (κ1) is 9.54. The maximum atomic E-state index is 9.44. The van der Waals surface area contributed by atoms with Gasteiger partial charge in [-0.15, -0.1) is 0 Å². The molecule has 0 heterocycles. The first-order valence-electron chi connectivity index (χ1n) is 3.96. The van der Waals surface area contributed by atoms with Crippen LogP contribution in [0.1, 0.15) is 11.1 Å². The average Bonchev–Trinajstić information content (AvgIpc) is 2.04. The summed E-state index contributed by atoms with van der Waals surface area (Å²) >= 11 is 0. The van der Waals surface area contributed by atoms with Crippen LogP contribution >= 0.6 is 0 Å². The standard InChI is InChI=1S/C9H13N3O/c1-12-5-6-2-3-7(9(10)11)8(13)4-6/h2-4,12-13H,5H2,1H3,(H3,10,11). The van der Waals surface area contributed by atoms with Gasteiger partial charge in [-0.25, -0.2) is 0 Å². The number of phenols is 1. The molecule has 0 saturated carbocycles. The lowest BCUT2D eigenvalue weighted by molar-refractivity contribution is 0.473. The molecule has 4 heteroatoms. The van der Waals surface area contributed by atoms with Gasteiger partial charge in [-0.05, 0) is 24.7 Å². The first-order valence-corrected chi connectivity index (χ1v) is 3.96. The van der Waals surface area contributed by atoms with Gasteiger partial charge >= 0.3 is 0 Å². The molecule has 1 rings (SSSR count). The Morgan fingerprint density at radius 3 is 2.77 bits per heavy atom. The molecular weight excluding hydrogens is 166 g/mol. The Morgan fingerprint density at radius 1 is 1.62 bits per heavy atom. The van der Waals surface area contributed by atoms with Crippen molar-refractivity contribution in [3.8, 4) is 5.75 Å². The fourth-order valence-electron chi connectivity index (χ4n) is 1.12. The molecule has 0 atom stereocenters. The number of hydrogen-bond donors (Lipinski definition) is 4. The lowest BCUT2D eigenvalue weighted by Crippen LogP contribution is -2.12. The molecule has 0 aromatic heterocycles. The highest BCUT2D eigenvalue weighted by molar-refractivity contribution is 5.97. The summed E-state index contributed by atoms with van der Waals surface area (Å²) in [6, 6.07) is 5.07. The van der Waals surface area contributed by atoms with Crippen LogP contribution in [-0.4, -0.2) is 18.0 Å². The number of amidine groups is 1. The van der Waals surface area contributed by atoms with Gasteiger partial charge in [0.25, 0.3) is 0 Å². The molecule has 4 nitrogen and oxygen atoms in total. The first-order chi connectivity index (χ1) is 6.15. The van der Waals surface area contributed by atoms with Crippen LogP contribution in [0.5, 0.6) is 5.75 Å². The molecule has 1 aromatic carbocycles. The Bertz CT molecular complexity index is 323. The maximum Gasteiger partial charge on any atom is 0.126 e. The molecule has 0 fully saturated rings. The third kappa shape index (κ3) is 2.19. The number of nitrogens with two attached hydrogens (primary N) is 1. The molecule has 0 spiro atoms. The Labute approximate surface area is 76.9 Å². The van der Waals surface area contributed by atoms with E-state index in [4.69, 9.17) is 11.1 Å². The van der Waals surface area contributed by atoms with Crippen molar-refractivity contribution in [1.29, 1.82) is 5.41 Å². The van der Waals surface area contributed by atoms with Gasteiger partial charge in [0.1, 0.15) is 11.6 Å². The molecule has 0 saturated heterocycles. The van der Waals surface area contributed by atoms with Gasteiger partial charge in [-0.3, -0.25) is 5.41 Å². The molecule has 13 heavy (non-hydrogen) atoms. The van der Waals surface area contributed by atoms with Crippen LogP contribution < -0.4 is 11.1 Å². The largest absolute Gasteiger partial charge is 0.507 e. The van der Waals surface area contributed by atoms with E-state index in [1.807, 2.05) is 13.1 Å². The van der Waals surface area contributed by atoms with Gasteiger partial charge < -0.3 is 16.2 Å². The Kier molecular flexibility index (Phi) is 2.87. The molecule has 0 unspecified atom stereocenters. The summed E-state index contributed by atoms with van der Waals surface area (Å²) in [6.45, 7) is 0.686. The summed E-state index contributed by atoms with van der Waals surface area (Å²) in [6.07, 6.45) is 0. The summed E-state index contributed by atoms with van der Waals surface area (Å²) in [5.74, 6) is -0.0613. The highest BCUT2D eigenvalue weighted by Gasteiger charge is 2.04. The minimum atomic E-state index is -0.117. The second-order valence-corrected chi connectivity index (χ2v) is 2.80.